The number of rotatable bonds is 7. The van der Waals surface area contributed by atoms with Crippen molar-refractivity contribution in [2.75, 3.05) is 25.0 Å². The molecule has 8 heteroatoms. The highest BCUT2D eigenvalue weighted by Gasteiger charge is 2.22. The van der Waals surface area contributed by atoms with Crippen LogP contribution in [0.25, 0.3) is 0 Å². The SMILES string of the molecule is C[C@@H]1C[C@@H](C)CN(Cc2csc(NC(=O)CNC(=O)Cc3cccc(F)c3)n2)C1. The number of hydrogen-bond acceptors (Lipinski definition) is 5. The summed E-state index contributed by atoms with van der Waals surface area (Å²) in [7, 11) is 0. The van der Waals surface area contributed by atoms with Gasteiger partial charge in [0.15, 0.2) is 5.13 Å². The van der Waals surface area contributed by atoms with Crippen molar-refractivity contribution >= 4 is 28.3 Å². The van der Waals surface area contributed by atoms with Crippen LogP contribution >= 0.6 is 11.3 Å². The van der Waals surface area contributed by atoms with Gasteiger partial charge in [0.05, 0.1) is 18.7 Å². The smallest absolute Gasteiger partial charge is 0.245 e. The van der Waals surface area contributed by atoms with Crippen molar-refractivity contribution in [3.8, 4) is 0 Å². The third kappa shape index (κ3) is 6.90. The summed E-state index contributed by atoms with van der Waals surface area (Å²) in [5.74, 6) is 0.318. The van der Waals surface area contributed by atoms with Crippen molar-refractivity contribution in [2.24, 2.45) is 11.8 Å². The van der Waals surface area contributed by atoms with E-state index in [-0.39, 0.29) is 30.6 Å². The number of halogens is 1. The first kappa shape index (κ1) is 21.4. The molecule has 1 saturated heterocycles. The fourth-order valence-electron chi connectivity index (χ4n) is 3.82. The molecule has 0 unspecified atom stereocenters. The zero-order valence-electron chi connectivity index (χ0n) is 16.8. The minimum Gasteiger partial charge on any atom is -0.347 e. The summed E-state index contributed by atoms with van der Waals surface area (Å²) >= 11 is 1.38. The molecular formula is C21H27FN4O2S. The van der Waals surface area contributed by atoms with Crippen LogP contribution in [0.15, 0.2) is 29.6 Å². The molecule has 1 aromatic carbocycles. The van der Waals surface area contributed by atoms with Crippen molar-refractivity contribution < 1.29 is 14.0 Å². The van der Waals surface area contributed by atoms with Crippen LogP contribution in [0.4, 0.5) is 9.52 Å². The van der Waals surface area contributed by atoms with Gasteiger partial charge in [-0.25, -0.2) is 9.37 Å². The van der Waals surface area contributed by atoms with E-state index in [1.807, 2.05) is 5.38 Å². The van der Waals surface area contributed by atoms with E-state index in [1.165, 1.54) is 29.9 Å². The molecule has 1 fully saturated rings. The molecule has 2 atom stereocenters. The molecule has 0 spiro atoms. The van der Waals surface area contributed by atoms with Crippen molar-refractivity contribution in [1.82, 2.24) is 15.2 Å². The first-order valence-electron chi connectivity index (χ1n) is 9.85. The molecule has 2 aromatic rings. The Morgan fingerprint density at radius 3 is 2.72 bits per heavy atom. The highest BCUT2D eigenvalue weighted by Crippen LogP contribution is 2.23. The molecule has 0 saturated carbocycles. The summed E-state index contributed by atoms with van der Waals surface area (Å²) in [6, 6.07) is 5.85. The molecule has 29 heavy (non-hydrogen) atoms. The molecule has 156 valence electrons. The largest absolute Gasteiger partial charge is 0.347 e. The second-order valence-electron chi connectivity index (χ2n) is 7.92. The highest BCUT2D eigenvalue weighted by molar-refractivity contribution is 7.13. The number of thiazole rings is 1. The fourth-order valence-corrected chi connectivity index (χ4v) is 4.54. The molecule has 1 aliphatic heterocycles. The maximum absolute atomic E-state index is 13.2. The third-order valence-corrected chi connectivity index (χ3v) is 5.63. The van der Waals surface area contributed by atoms with E-state index in [1.54, 1.807) is 12.1 Å². The molecule has 2 heterocycles. The normalized spacial score (nSPS) is 19.7. The maximum atomic E-state index is 13.2. The first-order valence-corrected chi connectivity index (χ1v) is 10.7. The summed E-state index contributed by atoms with van der Waals surface area (Å²) < 4.78 is 13.2. The summed E-state index contributed by atoms with van der Waals surface area (Å²) in [6.07, 6.45) is 1.29. The van der Waals surface area contributed by atoms with Crippen molar-refractivity contribution in [2.45, 2.75) is 33.2 Å². The zero-order valence-corrected chi connectivity index (χ0v) is 17.6. The molecular weight excluding hydrogens is 391 g/mol. The van der Waals surface area contributed by atoms with Crippen LogP contribution in [0.2, 0.25) is 0 Å². The van der Waals surface area contributed by atoms with Crippen LogP contribution < -0.4 is 10.6 Å². The van der Waals surface area contributed by atoms with Crippen LogP contribution in [-0.2, 0) is 22.6 Å². The molecule has 1 aliphatic rings. The number of anilines is 1. The van der Waals surface area contributed by atoms with E-state index in [4.69, 9.17) is 0 Å². The van der Waals surface area contributed by atoms with Gasteiger partial charge in [-0.2, -0.15) is 0 Å². The summed E-state index contributed by atoms with van der Waals surface area (Å²) in [5, 5.41) is 7.76. The average molecular weight is 419 g/mol. The van der Waals surface area contributed by atoms with E-state index in [2.05, 4.69) is 34.4 Å². The van der Waals surface area contributed by atoms with Gasteiger partial charge in [-0.1, -0.05) is 26.0 Å². The fraction of sp³-hybridized carbons (Fsp3) is 0.476. The van der Waals surface area contributed by atoms with Crippen LogP contribution in [0.5, 0.6) is 0 Å². The van der Waals surface area contributed by atoms with E-state index >= 15 is 0 Å². The molecule has 3 rings (SSSR count). The number of piperidine rings is 1. The number of amides is 2. The van der Waals surface area contributed by atoms with Gasteiger partial charge in [0.2, 0.25) is 11.8 Å². The predicted octanol–water partition coefficient (Wildman–Crippen LogP) is 3.06. The molecule has 2 amide bonds. The van der Waals surface area contributed by atoms with E-state index in [0.29, 0.717) is 22.5 Å². The van der Waals surface area contributed by atoms with Crippen LogP contribution in [0.1, 0.15) is 31.5 Å². The van der Waals surface area contributed by atoms with Crippen molar-refractivity contribution in [1.29, 1.82) is 0 Å². The summed E-state index contributed by atoms with van der Waals surface area (Å²) in [5.41, 5.74) is 1.51. The van der Waals surface area contributed by atoms with Gasteiger partial charge in [-0.05, 0) is 36.0 Å². The van der Waals surface area contributed by atoms with Crippen LogP contribution in [0, 0.1) is 17.7 Å². The number of carbonyl (C=O) groups excluding carboxylic acids is 2. The van der Waals surface area contributed by atoms with Crippen LogP contribution in [-0.4, -0.2) is 41.3 Å². The lowest BCUT2D eigenvalue weighted by Gasteiger charge is -2.34. The Morgan fingerprint density at radius 1 is 1.24 bits per heavy atom. The van der Waals surface area contributed by atoms with Gasteiger partial charge in [-0.15, -0.1) is 11.3 Å². The lowest BCUT2D eigenvalue weighted by atomic mass is 9.92. The standard InChI is InChI=1S/C21H27FN4O2S/c1-14-6-15(2)11-26(10-14)12-18-13-29-21(24-18)25-20(28)9-23-19(27)8-16-4-3-5-17(22)7-16/h3-5,7,13-15H,6,8-12H2,1-2H3,(H,23,27)(H,24,25,28)/t14-,15-/m1/s1. The Hall–Kier alpha value is -2.32. The molecule has 0 aliphatic carbocycles. The Bertz CT molecular complexity index is 847. The molecule has 0 bridgehead atoms. The number of benzene rings is 1. The Kier molecular flexibility index (Phi) is 7.33. The maximum Gasteiger partial charge on any atom is 0.245 e. The molecule has 1 aromatic heterocycles. The molecule has 6 nitrogen and oxygen atoms in total. The first-order chi connectivity index (χ1) is 13.9. The average Bonchev–Trinajstić information content (AvgIpc) is 3.06. The number of carbonyl (C=O) groups is 2. The van der Waals surface area contributed by atoms with Gasteiger partial charge >= 0.3 is 0 Å². The van der Waals surface area contributed by atoms with E-state index < -0.39 is 0 Å². The number of nitrogens with zero attached hydrogens (tertiary/aromatic N) is 2. The Labute approximate surface area is 174 Å². The van der Waals surface area contributed by atoms with Gasteiger partial charge in [0.1, 0.15) is 5.82 Å². The Morgan fingerprint density at radius 2 is 2.00 bits per heavy atom. The van der Waals surface area contributed by atoms with Gasteiger partial charge in [0.25, 0.3) is 0 Å². The number of likely N-dealkylation sites (tertiary alicyclic amines) is 1. The monoisotopic (exact) mass is 418 g/mol. The van der Waals surface area contributed by atoms with Crippen LogP contribution in [0.3, 0.4) is 0 Å². The topological polar surface area (TPSA) is 74.3 Å². The van der Waals surface area contributed by atoms with Crippen molar-refractivity contribution in [3.63, 3.8) is 0 Å². The minimum absolute atomic E-state index is 0.0269. The number of nitrogens with one attached hydrogen (secondary N) is 2. The summed E-state index contributed by atoms with van der Waals surface area (Å²) in [6.45, 7) is 7.33. The lowest BCUT2D eigenvalue weighted by molar-refractivity contribution is -0.123. The Balaban J connectivity index is 1.42. The summed E-state index contributed by atoms with van der Waals surface area (Å²) in [4.78, 5) is 30.9. The second-order valence-corrected chi connectivity index (χ2v) is 8.77. The highest BCUT2D eigenvalue weighted by atomic mass is 32.1. The quantitative estimate of drug-likeness (QED) is 0.725. The third-order valence-electron chi connectivity index (χ3n) is 4.83. The minimum atomic E-state index is -0.388. The molecule has 2 N–H and O–H groups in total. The second kappa shape index (κ2) is 9.93. The zero-order chi connectivity index (χ0) is 20.8. The van der Waals surface area contributed by atoms with Gasteiger partial charge in [0, 0.05) is 25.0 Å². The predicted molar refractivity (Wildman–Crippen MR) is 112 cm³/mol. The number of aromatic nitrogens is 1. The van der Waals surface area contributed by atoms with E-state index in [9.17, 15) is 14.0 Å². The number of hydrogen-bond donors (Lipinski definition) is 2. The van der Waals surface area contributed by atoms with Gasteiger partial charge in [-0.3, -0.25) is 14.5 Å². The van der Waals surface area contributed by atoms with Gasteiger partial charge < -0.3 is 10.6 Å². The molecule has 0 radical (unpaired) electrons. The van der Waals surface area contributed by atoms with Crippen molar-refractivity contribution in [3.05, 3.63) is 46.7 Å². The lowest BCUT2D eigenvalue weighted by Crippen LogP contribution is -2.38. The van der Waals surface area contributed by atoms with E-state index in [0.717, 1.165) is 25.3 Å².